The van der Waals surface area contributed by atoms with E-state index in [9.17, 15) is 4.79 Å². The van der Waals surface area contributed by atoms with E-state index in [4.69, 9.17) is 16.3 Å². The maximum Gasteiger partial charge on any atom is 0.253 e. The number of amides is 1. The fourth-order valence-corrected chi connectivity index (χ4v) is 3.66. The zero-order valence-electron chi connectivity index (χ0n) is 16.7. The summed E-state index contributed by atoms with van der Waals surface area (Å²) in [6.07, 6.45) is 3.44. The number of halogens is 1. The van der Waals surface area contributed by atoms with Crippen molar-refractivity contribution < 1.29 is 9.53 Å². The molecule has 30 heavy (non-hydrogen) atoms. The van der Waals surface area contributed by atoms with E-state index in [-0.39, 0.29) is 11.9 Å². The summed E-state index contributed by atoms with van der Waals surface area (Å²) in [6.45, 7) is 1.39. The van der Waals surface area contributed by atoms with Crippen LogP contribution in [0.4, 0.5) is 5.95 Å². The second-order valence-corrected chi connectivity index (χ2v) is 7.65. The van der Waals surface area contributed by atoms with E-state index >= 15 is 0 Å². The van der Waals surface area contributed by atoms with Crippen molar-refractivity contribution in [3.8, 4) is 17.0 Å². The molecule has 0 aliphatic carbocycles. The number of hydrogen-bond acceptors (Lipinski definition) is 5. The Kier molecular flexibility index (Phi) is 6.14. The Morgan fingerprint density at radius 2 is 1.77 bits per heavy atom. The Morgan fingerprint density at radius 3 is 2.43 bits per heavy atom. The molecule has 154 valence electrons. The quantitative estimate of drug-likeness (QED) is 0.654. The zero-order valence-corrected chi connectivity index (χ0v) is 17.5. The average Bonchev–Trinajstić information content (AvgIpc) is 2.80. The van der Waals surface area contributed by atoms with E-state index in [2.05, 4.69) is 15.3 Å². The third-order valence-corrected chi connectivity index (χ3v) is 5.50. The molecule has 1 aromatic heterocycles. The first kappa shape index (κ1) is 20.2. The molecule has 0 unspecified atom stereocenters. The minimum absolute atomic E-state index is 0.0529. The van der Waals surface area contributed by atoms with Crippen LogP contribution in [0.5, 0.6) is 5.75 Å². The van der Waals surface area contributed by atoms with E-state index in [0.29, 0.717) is 29.6 Å². The van der Waals surface area contributed by atoms with Gasteiger partial charge in [-0.2, -0.15) is 0 Å². The molecule has 3 aromatic rings. The predicted octanol–water partition coefficient (Wildman–Crippen LogP) is 4.52. The molecule has 2 aromatic carbocycles. The molecule has 0 spiro atoms. The summed E-state index contributed by atoms with van der Waals surface area (Å²) in [6, 6.07) is 16.9. The number of nitrogens with zero attached hydrogens (tertiary/aromatic N) is 3. The molecule has 4 rings (SSSR count). The topological polar surface area (TPSA) is 67.3 Å². The van der Waals surface area contributed by atoms with Crippen LogP contribution in [0.25, 0.3) is 11.3 Å². The summed E-state index contributed by atoms with van der Waals surface area (Å²) in [7, 11) is 1.61. The lowest BCUT2D eigenvalue weighted by molar-refractivity contribution is 0.0718. The molecule has 1 aliphatic rings. The van der Waals surface area contributed by atoms with Crippen molar-refractivity contribution in [3.05, 3.63) is 71.4 Å². The molecule has 1 saturated heterocycles. The smallest absolute Gasteiger partial charge is 0.253 e. The van der Waals surface area contributed by atoms with Crippen LogP contribution in [0, 0.1) is 0 Å². The van der Waals surface area contributed by atoms with Gasteiger partial charge in [-0.05, 0) is 55.3 Å². The molecule has 0 atom stereocenters. The third kappa shape index (κ3) is 4.71. The minimum atomic E-state index is 0.0529. The highest BCUT2D eigenvalue weighted by Gasteiger charge is 2.24. The molecule has 0 saturated carbocycles. The summed E-state index contributed by atoms with van der Waals surface area (Å²) in [4.78, 5) is 23.6. The lowest BCUT2D eigenvalue weighted by Gasteiger charge is -2.32. The largest absolute Gasteiger partial charge is 0.497 e. The van der Waals surface area contributed by atoms with Gasteiger partial charge in [-0.3, -0.25) is 4.79 Å². The lowest BCUT2D eigenvalue weighted by atomic mass is 10.0. The SMILES string of the molecule is COc1ccc(C(=O)N2CCC(Nc3nccc(-c4ccc(Cl)cc4)n3)CC2)cc1. The van der Waals surface area contributed by atoms with Crippen LogP contribution in [0.15, 0.2) is 60.8 Å². The number of aromatic nitrogens is 2. The monoisotopic (exact) mass is 422 g/mol. The maximum absolute atomic E-state index is 12.7. The van der Waals surface area contributed by atoms with E-state index in [1.807, 2.05) is 59.5 Å². The van der Waals surface area contributed by atoms with Gasteiger partial charge in [0, 0.05) is 41.5 Å². The molecule has 1 aliphatic heterocycles. The normalized spacial score (nSPS) is 14.4. The predicted molar refractivity (Wildman–Crippen MR) is 118 cm³/mol. The average molecular weight is 423 g/mol. The van der Waals surface area contributed by atoms with Crippen LogP contribution in [-0.2, 0) is 0 Å². The Labute approximate surface area is 180 Å². The van der Waals surface area contributed by atoms with Gasteiger partial charge in [-0.1, -0.05) is 23.7 Å². The molecule has 0 radical (unpaired) electrons. The van der Waals surface area contributed by atoms with Crippen molar-refractivity contribution in [1.82, 2.24) is 14.9 Å². The number of piperidine rings is 1. The van der Waals surface area contributed by atoms with E-state index in [1.54, 1.807) is 13.3 Å². The van der Waals surface area contributed by atoms with Gasteiger partial charge in [0.05, 0.1) is 12.8 Å². The van der Waals surface area contributed by atoms with Gasteiger partial charge in [0.15, 0.2) is 0 Å². The molecule has 2 heterocycles. The van der Waals surface area contributed by atoms with E-state index in [0.717, 1.165) is 29.8 Å². The number of carbonyl (C=O) groups excluding carboxylic acids is 1. The Morgan fingerprint density at radius 1 is 1.07 bits per heavy atom. The van der Waals surface area contributed by atoms with Crippen molar-refractivity contribution in [2.45, 2.75) is 18.9 Å². The number of likely N-dealkylation sites (tertiary alicyclic amines) is 1. The standard InChI is InChI=1S/C23H23ClN4O2/c1-30-20-8-4-17(5-9-20)22(29)28-14-11-19(12-15-28)26-23-25-13-10-21(27-23)16-2-6-18(24)7-3-16/h2-10,13,19H,11-12,14-15H2,1H3,(H,25,26,27). The number of hydrogen-bond donors (Lipinski definition) is 1. The third-order valence-electron chi connectivity index (χ3n) is 5.25. The molecule has 7 heteroatoms. The first-order valence-corrected chi connectivity index (χ1v) is 10.3. The summed E-state index contributed by atoms with van der Waals surface area (Å²) >= 11 is 5.97. The first-order valence-electron chi connectivity index (χ1n) is 9.91. The van der Waals surface area contributed by atoms with Gasteiger partial charge >= 0.3 is 0 Å². The highest BCUT2D eigenvalue weighted by atomic mass is 35.5. The molecule has 6 nitrogen and oxygen atoms in total. The highest BCUT2D eigenvalue weighted by Crippen LogP contribution is 2.22. The zero-order chi connectivity index (χ0) is 20.9. The van der Waals surface area contributed by atoms with E-state index in [1.165, 1.54) is 0 Å². The van der Waals surface area contributed by atoms with Gasteiger partial charge in [0.2, 0.25) is 5.95 Å². The summed E-state index contributed by atoms with van der Waals surface area (Å²) in [5, 5.41) is 4.11. The van der Waals surface area contributed by atoms with Gasteiger partial charge < -0.3 is 15.0 Å². The molecular formula is C23H23ClN4O2. The maximum atomic E-state index is 12.7. The first-order chi connectivity index (χ1) is 14.6. The molecule has 1 N–H and O–H groups in total. The van der Waals surface area contributed by atoms with E-state index < -0.39 is 0 Å². The number of methoxy groups -OCH3 is 1. The van der Waals surface area contributed by atoms with Gasteiger partial charge in [0.25, 0.3) is 5.91 Å². The molecule has 0 bridgehead atoms. The van der Waals surface area contributed by atoms with Crippen molar-refractivity contribution in [2.24, 2.45) is 0 Å². The number of nitrogens with one attached hydrogen (secondary N) is 1. The number of benzene rings is 2. The number of anilines is 1. The van der Waals surface area contributed by atoms with Crippen LogP contribution in [0.3, 0.4) is 0 Å². The second kappa shape index (κ2) is 9.13. The molecule has 1 fully saturated rings. The van der Waals surface area contributed by atoms with Crippen molar-refractivity contribution in [3.63, 3.8) is 0 Å². The summed E-state index contributed by atoms with van der Waals surface area (Å²) in [5.41, 5.74) is 2.52. The number of ether oxygens (including phenoxy) is 1. The highest BCUT2D eigenvalue weighted by molar-refractivity contribution is 6.30. The summed E-state index contributed by atoms with van der Waals surface area (Å²) in [5.74, 6) is 1.40. The lowest BCUT2D eigenvalue weighted by Crippen LogP contribution is -2.42. The molecule has 1 amide bonds. The number of rotatable bonds is 5. The Hall–Kier alpha value is -3.12. The van der Waals surface area contributed by atoms with Crippen molar-refractivity contribution >= 4 is 23.5 Å². The van der Waals surface area contributed by atoms with Gasteiger partial charge in [-0.25, -0.2) is 9.97 Å². The minimum Gasteiger partial charge on any atom is -0.497 e. The fraction of sp³-hybridized carbons (Fsp3) is 0.261. The Bertz CT molecular complexity index is 1000. The Balaban J connectivity index is 1.35. The fourth-order valence-electron chi connectivity index (χ4n) is 3.54. The van der Waals surface area contributed by atoms with Crippen LogP contribution in [0.2, 0.25) is 5.02 Å². The second-order valence-electron chi connectivity index (χ2n) is 7.21. The van der Waals surface area contributed by atoms with Crippen molar-refractivity contribution in [1.29, 1.82) is 0 Å². The van der Waals surface area contributed by atoms with Gasteiger partial charge in [-0.15, -0.1) is 0 Å². The van der Waals surface area contributed by atoms with Crippen LogP contribution < -0.4 is 10.1 Å². The summed E-state index contributed by atoms with van der Waals surface area (Å²) < 4.78 is 5.16. The van der Waals surface area contributed by atoms with Crippen LogP contribution in [-0.4, -0.2) is 47.0 Å². The molecular weight excluding hydrogens is 400 g/mol. The van der Waals surface area contributed by atoms with Crippen LogP contribution >= 0.6 is 11.6 Å². The van der Waals surface area contributed by atoms with Crippen molar-refractivity contribution in [2.75, 3.05) is 25.5 Å². The van der Waals surface area contributed by atoms with Gasteiger partial charge in [0.1, 0.15) is 5.75 Å². The number of carbonyl (C=O) groups is 1. The van der Waals surface area contributed by atoms with Crippen LogP contribution in [0.1, 0.15) is 23.2 Å².